The highest BCUT2D eigenvalue weighted by Gasteiger charge is 2.13. The molecule has 0 spiro atoms. The fourth-order valence-electron chi connectivity index (χ4n) is 1.23. The minimum atomic E-state index is -0.450. The molecule has 0 bridgehead atoms. The van der Waals surface area contributed by atoms with E-state index in [4.69, 9.17) is 0 Å². The van der Waals surface area contributed by atoms with Crippen LogP contribution in [0.3, 0.4) is 0 Å². The average Bonchev–Trinajstić information content (AvgIpc) is 2.73. The average molecular weight is 336 g/mol. The van der Waals surface area contributed by atoms with Crippen molar-refractivity contribution < 1.29 is 5.11 Å². The minimum absolute atomic E-state index is 0.450. The normalized spacial score (nSPS) is 13.1. The largest absolute Gasteiger partial charge is 0.383 e. The Balaban J connectivity index is 2.28. The summed E-state index contributed by atoms with van der Waals surface area (Å²) in [6.07, 6.45) is -0.450. The van der Waals surface area contributed by atoms with Crippen molar-refractivity contribution in [2.24, 2.45) is 0 Å². The first-order valence-corrected chi connectivity index (χ1v) is 6.92. The van der Waals surface area contributed by atoms with Gasteiger partial charge in [0.2, 0.25) is 0 Å². The maximum absolute atomic E-state index is 10.0. The summed E-state index contributed by atoms with van der Waals surface area (Å²) in [7, 11) is 0. The fraction of sp³-hybridized carbons (Fsp3) is 0.200. The van der Waals surface area contributed by atoms with Gasteiger partial charge >= 0.3 is 0 Å². The van der Waals surface area contributed by atoms with Crippen molar-refractivity contribution in [3.63, 3.8) is 0 Å². The predicted octanol–water partition coefficient (Wildman–Crippen LogP) is 3.80. The highest BCUT2D eigenvalue weighted by atomic mass is 127. The minimum Gasteiger partial charge on any atom is -0.383 e. The van der Waals surface area contributed by atoms with Crippen LogP contribution in [0.15, 0.2) is 23.6 Å². The van der Waals surface area contributed by atoms with E-state index in [1.165, 1.54) is 7.76 Å². The number of aliphatic hydroxyl groups excluding tert-OH is 1. The van der Waals surface area contributed by atoms with Crippen LogP contribution in [0.2, 0.25) is 0 Å². The molecule has 2 aromatic rings. The molecule has 0 aliphatic carbocycles. The molecular formula is C10H9IOS2. The van der Waals surface area contributed by atoms with Crippen molar-refractivity contribution in [1.29, 1.82) is 0 Å². The second kappa shape index (κ2) is 4.30. The maximum atomic E-state index is 10.0. The van der Waals surface area contributed by atoms with Crippen LogP contribution in [-0.2, 0) is 0 Å². The lowest BCUT2D eigenvalue weighted by molar-refractivity contribution is 0.224. The first kappa shape index (κ1) is 10.6. The molecule has 1 unspecified atom stereocenters. The monoisotopic (exact) mass is 336 g/mol. The summed E-state index contributed by atoms with van der Waals surface area (Å²) in [4.78, 5) is 2.26. The topological polar surface area (TPSA) is 20.2 Å². The number of hydrogen-bond acceptors (Lipinski definition) is 3. The Labute approximate surface area is 105 Å². The van der Waals surface area contributed by atoms with Gasteiger partial charge in [-0.2, -0.15) is 0 Å². The van der Waals surface area contributed by atoms with E-state index >= 15 is 0 Å². The zero-order valence-electron chi connectivity index (χ0n) is 7.53. The zero-order valence-corrected chi connectivity index (χ0v) is 11.3. The lowest BCUT2D eigenvalue weighted by atomic mass is 10.2. The molecule has 0 saturated heterocycles. The van der Waals surface area contributed by atoms with Crippen LogP contribution >= 0.6 is 45.3 Å². The van der Waals surface area contributed by atoms with E-state index in [0.717, 1.165) is 10.4 Å². The first-order chi connectivity index (χ1) is 6.66. The van der Waals surface area contributed by atoms with Crippen molar-refractivity contribution in [3.05, 3.63) is 41.8 Å². The van der Waals surface area contributed by atoms with Crippen LogP contribution in [0.4, 0.5) is 0 Å². The molecule has 2 rings (SSSR count). The second-order valence-electron chi connectivity index (χ2n) is 3.04. The number of aryl methyl sites for hydroxylation is 1. The zero-order chi connectivity index (χ0) is 10.1. The molecule has 2 heterocycles. The molecule has 0 saturated carbocycles. The standard InChI is InChI=1S/C10H9IOS2/c1-6-2-3-8(14-6)10(12)7-4-9(11)13-5-7/h2-5,10,12H,1H3. The van der Waals surface area contributed by atoms with Crippen LogP contribution in [0.1, 0.15) is 21.4 Å². The van der Waals surface area contributed by atoms with Crippen LogP contribution in [0, 0.1) is 9.81 Å². The summed E-state index contributed by atoms with van der Waals surface area (Å²) in [6, 6.07) is 6.07. The van der Waals surface area contributed by atoms with E-state index in [9.17, 15) is 5.11 Å². The summed E-state index contributed by atoms with van der Waals surface area (Å²) < 4.78 is 1.21. The third-order valence-electron chi connectivity index (χ3n) is 1.93. The van der Waals surface area contributed by atoms with Gasteiger partial charge in [-0.05, 0) is 58.7 Å². The van der Waals surface area contributed by atoms with Gasteiger partial charge < -0.3 is 5.11 Å². The van der Waals surface area contributed by atoms with Gasteiger partial charge in [-0.25, -0.2) is 0 Å². The Kier molecular flexibility index (Phi) is 3.26. The van der Waals surface area contributed by atoms with Crippen molar-refractivity contribution in [2.45, 2.75) is 13.0 Å². The lowest BCUT2D eigenvalue weighted by Gasteiger charge is -2.04. The molecule has 14 heavy (non-hydrogen) atoms. The fourth-order valence-corrected chi connectivity index (χ4v) is 3.51. The van der Waals surface area contributed by atoms with Crippen LogP contribution in [0.25, 0.3) is 0 Å². The van der Waals surface area contributed by atoms with Gasteiger partial charge in [0.1, 0.15) is 6.10 Å². The Morgan fingerprint density at radius 1 is 1.43 bits per heavy atom. The maximum Gasteiger partial charge on any atom is 0.114 e. The van der Waals surface area contributed by atoms with Gasteiger partial charge in [0, 0.05) is 9.75 Å². The summed E-state index contributed by atoms with van der Waals surface area (Å²) >= 11 is 5.59. The van der Waals surface area contributed by atoms with Gasteiger partial charge in [-0.15, -0.1) is 22.7 Å². The number of hydrogen-bond donors (Lipinski definition) is 1. The molecule has 1 nitrogen and oxygen atoms in total. The molecule has 2 aromatic heterocycles. The van der Waals surface area contributed by atoms with E-state index in [-0.39, 0.29) is 0 Å². The molecule has 4 heteroatoms. The Hall–Kier alpha value is 0.0900. The third kappa shape index (κ3) is 2.18. The lowest BCUT2D eigenvalue weighted by Crippen LogP contribution is -1.93. The smallest absolute Gasteiger partial charge is 0.114 e. The van der Waals surface area contributed by atoms with Gasteiger partial charge in [-0.1, -0.05) is 0 Å². The Morgan fingerprint density at radius 3 is 2.71 bits per heavy atom. The van der Waals surface area contributed by atoms with Gasteiger partial charge in [0.15, 0.2) is 0 Å². The summed E-state index contributed by atoms with van der Waals surface area (Å²) in [5.74, 6) is 0. The molecule has 0 amide bonds. The molecule has 1 atom stereocenters. The SMILES string of the molecule is Cc1ccc(C(O)c2csc(I)c2)s1. The van der Waals surface area contributed by atoms with E-state index in [1.807, 2.05) is 23.6 Å². The van der Waals surface area contributed by atoms with E-state index in [2.05, 4.69) is 29.5 Å². The van der Waals surface area contributed by atoms with Gasteiger partial charge in [0.05, 0.1) is 2.88 Å². The number of halogens is 1. The number of aliphatic hydroxyl groups is 1. The Bertz CT molecular complexity index is 393. The number of rotatable bonds is 2. The number of thiophene rings is 2. The molecule has 0 aromatic carbocycles. The summed E-state index contributed by atoms with van der Waals surface area (Å²) in [5, 5.41) is 12.0. The predicted molar refractivity (Wildman–Crippen MR) is 70.2 cm³/mol. The summed E-state index contributed by atoms with van der Waals surface area (Å²) in [6.45, 7) is 2.05. The molecule has 0 radical (unpaired) electrons. The Morgan fingerprint density at radius 2 is 2.21 bits per heavy atom. The van der Waals surface area contributed by atoms with Crippen molar-refractivity contribution in [1.82, 2.24) is 0 Å². The van der Waals surface area contributed by atoms with Gasteiger partial charge in [-0.3, -0.25) is 0 Å². The van der Waals surface area contributed by atoms with Crippen molar-refractivity contribution >= 4 is 45.3 Å². The molecular weight excluding hydrogens is 327 g/mol. The van der Waals surface area contributed by atoms with E-state index in [1.54, 1.807) is 22.7 Å². The molecule has 0 fully saturated rings. The van der Waals surface area contributed by atoms with E-state index < -0.39 is 6.10 Å². The van der Waals surface area contributed by atoms with Crippen LogP contribution in [-0.4, -0.2) is 5.11 Å². The highest BCUT2D eigenvalue weighted by Crippen LogP contribution is 2.30. The first-order valence-electron chi connectivity index (χ1n) is 4.15. The van der Waals surface area contributed by atoms with Crippen molar-refractivity contribution in [2.75, 3.05) is 0 Å². The molecule has 74 valence electrons. The summed E-state index contributed by atoms with van der Waals surface area (Å²) in [5.41, 5.74) is 1.00. The molecule has 0 aliphatic rings. The third-order valence-corrected chi connectivity index (χ3v) is 4.79. The quantitative estimate of drug-likeness (QED) is 0.827. The van der Waals surface area contributed by atoms with E-state index in [0.29, 0.717) is 0 Å². The molecule has 0 aliphatic heterocycles. The van der Waals surface area contributed by atoms with Gasteiger partial charge in [0.25, 0.3) is 0 Å². The molecule has 1 N–H and O–H groups in total. The van der Waals surface area contributed by atoms with Crippen LogP contribution < -0.4 is 0 Å². The van der Waals surface area contributed by atoms with Crippen LogP contribution in [0.5, 0.6) is 0 Å². The van der Waals surface area contributed by atoms with Crippen molar-refractivity contribution in [3.8, 4) is 0 Å². The highest BCUT2D eigenvalue weighted by molar-refractivity contribution is 14.1. The second-order valence-corrected chi connectivity index (χ2v) is 7.16.